The van der Waals surface area contributed by atoms with Gasteiger partial charge in [0.05, 0.1) is 5.52 Å². The number of benzene rings is 1. The first-order valence-electron chi connectivity index (χ1n) is 11.9. The lowest BCUT2D eigenvalue weighted by molar-refractivity contribution is 0.577. The Bertz CT molecular complexity index is 1590. The highest BCUT2D eigenvalue weighted by Crippen LogP contribution is 2.31. The van der Waals surface area contributed by atoms with Gasteiger partial charge in [-0.05, 0) is 66.8 Å². The zero-order chi connectivity index (χ0) is 23.5. The number of nitrogen functional groups attached to an aromatic ring is 1. The molecule has 7 rings (SSSR count). The van der Waals surface area contributed by atoms with Gasteiger partial charge < -0.3 is 16.0 Å². The highest BCUT2D eigenvalue weighted by Gasteiger charge is 2.38. The van der Waals surface area contributed by atoms with Crippen LogP contribution in [0.2, 0.25) is 0 Å². The Labute approximate surface area is 202 Å². The molecule has 9 heteroatoms. The first-order chi connectivity index (χ1) is 17.1. The van der Waals surface area contributed by atoms with Gasteiger partial charge >= 0.3 is 0 Å². The Morgan fingerprint density at radius 1 is 1.09 bits per heavy atom. The van der Waals surface area contributed by atoms with E-state index in [0.717, 1.165) is 42.1 Å². The van der Waals surface area contributed by atoms with Crippen LogP contribution in [0, 0.1) is 6.92 Å². The highest BCUT2D eigenvalue weighted by molar-refractivity contribution is 5.87. The number of hydrogen-bond donors (Lipinski definition) is 2. The number of nitrogens with zero attached hydrogens (tertiary/aromatic N) is 7. The number of nitrogens with one attached hydrogen (secondary N) is 1. The fourth-order valence-corrected chi connectivity index (χ4v) is 5.38. The van der Waals surface area contributed by atoms with E-state index in [1.54, 1.807) is 10.8 Å². The maximum Gasteiger partial charge on any atom is 0.162 e. The quantitative estimate of drug-likeness (QED) is 0.419. The van der Waals surface area contributed by atoms with Crippen LogP contribution in [0.1, 0.15) is 23.1 Å². The molecule has 2 atom stereocenters. The van der Waals surface area contributed by atoms with Gasteiger partial charge in [0.2, 0.25) is 0 Å². The van der Waals surface area contributed by atoms with Crippen molar-refractivity contribution in [3.05, 3.63) is 71.7 Å². The third-order valence-corrected chi connectivity index (χ3v) is 7.25. The average Bonchev–Trinajstić information content (AvgIpc) is 3.62. The standard InChI is InChI=1S/C26H25N9/c1-15-8-18(3-2-17(15)9-16-6-7-35-23(10-16)29-14-30-35)26-31-21-4-5-22(32-24(21)25(27)33-26)34-13-19-11-20(34)12-28-19/h2-8,10,14,19-20,28H,9,11-13H2,1H3,(H2,27,31,33). The van der Waals surface area contributed by atoms with Gasteiger partial charge in [0, 0.05) is 36.9 Å². The summed E-state index contributed by atoms with van der Waals surface area (Å²) in [6.45, 7) is 4.12. The Hall–Kier alpha value is -4.11. The molecule has 5 aromatic rings. The van der Waals surface area contributed by atoms with Crippen LogP contribution in [0.15, 0.2) is 55.0 Å². The van der Waals surface area contributed by atoms with E-state index in [-0.39, 0.29) is 0 Å². The van der Waals surface area contributed by atoms with Crippen LogP contribution in [-0.4, -0.2) is 54.7 Å². The second-order valence-corrected chi connectivity index (χ2v) is 9.53. The van der Waals surface area contributed by atoms with E-state index in [4.69, 9.17) is 15.7 Å². The highest BCUT2D eigenvalue weighted by atomic mass is 15.3. The molecular weight excluding hydrogens is 438 g/mol. The van der Waals surface area contributed by atoms with Gasteiger partial charge in [-0.2, -0.15) is 5.10 Å². The molecule has 2 aliphatic heterocycles. The van der Waals surface area contributed by atoms with Crippen LogP contribution in [0.4, 0.5) is 11.6 Å². The number of rotatable bonds is 4. The number of aromatic nitrogens is 6. The van der Waals surface area contributed by atoms with Crippen LogP contribution in [-0.2, 0) is 6.42 Å². The molecule has 4 aromatic heterocycles. The Kier molecular flexibility index (Phi) is 4.47. The molecule has 0 saturated carbocycles. The molecule has 174 valence electrons. The van der Waals surface area contributed by atoms with Gasteiger partial charge in [-0.1, -0.05) is 12.1 Å². The van der Waals surface area contributed by atoms with E-state index in [1.165, 1.54) is 23.1 Å². The molecule has 2 fully saturated rings. The molecule has 9 nitrogen and oxygen atoms in total. The molecule has 2 saturated heterocycles. The summed E-state index contributed by atoms with van der Waals surface area (Å²) >= 11 is 0. The Morgan fingerprint density at radius 3 is 2.86 bits per heavy atom. The van der Waals surface area contributed by atoms with Crippen molar-refractivity contribution in [1.29, 1.82) is 0 Å². The summed E-state index contributed by atoms with van der Waals surface area (Å²) in [5.41, 5.74) is 13.2. The molecule has 2 bridgehead atoms. The summed E-state index contributed by atoms with van der Waals surface area (Å²) in [5.74, 6) is 1.99. The maximum atomic E-state index is 6.39. The van der Waals surface area contributed by atoms with Crippen LogP contribution >= 0.6 is 0 Å². The van der Waals surface area contributed by atoms with Crippen molar-refractivity contribution < 1.29 is 0 Å². The Balaban J connectivity index is 1.18. The number of piperazine rings is 1. The van der Waals surface area contributed by atoms with Crippen LogP contribution in [0.25, 0.3) is 28.1 Å². The fraction of sp³-hybridized carbons (Fsp3) is 0.269. The van der Waals surface area contributed by atoms with Gasteiger partial charge in [0.1, 0.15) is 17.7 Å². The zero-order valence-electron chi connectivity index (χ0n) is 19.4. The van der Waals surface area contributed by atoms with Crippen molar-refractivity contribution in [2.24, 2.45) is 0 Å². The minimum atomic E-state index is 0.415. The molecule has 35 heavy (non-hydrogen) atoms. The van der Waals surface area contributed by atoms with Crippen LogP contribution in [0.5, 0.6) is 0 Å². The number of fused-ring (bicyclic) bond motifs is 4. The Morgan fingerprint density at radius 2 is 2.03 bits per heavy atom. The van der Waals surface area contributed by atoms with E-state index in [9.17, 15) is 0 Å². The molecule has 2 unspecified atom stereocenters. The van der Waals surface area contributed by atoms with Crippen molar-refractivity contribution in [2.75, 3.05) is 23.7 Å². The van der Waals surface area contributed by atoms with Crippen molar-refractivity contribution >= 4 is 28.3 Å². The third-order valence-electron chi connectivity index (χ3n) is 7.25. The number of nitrogens with two attached hydrogens (primary N) is 1. The average molecular weight is 464 g/mol. The normalized spacial score (nSPS) is 19.3. The van der Waals surface area contributed by atoms with E-state index in [1.807, 2.05) is 12.3 Å². The van der Waals surface area contributed by atoms with Crippen LogP contribution in [0.3, 0.4) is 0 Å². The summed E-state index contributed by atoms with van der Waals surface area (Å²) in [7, 11) is 0. The van der Waals surface area contributed by atoms with E-state index < -0.39 is 0 Å². The van der Waals surface area contributed by atoms with Gasteiger partial charge in [-0.15, -0.1) is 0 Å². The zero-order valence-corrected chi connectivity index (χ0v) is 19.4. The van der Waals surface area contributed by atoms with E-state index in [2.05, 4.69) is 68.6 Å². The van der Waals surface area contributed by atoms with Crippen molar-refractivity contribution in [3.8, 4) is 11.4 Å². The van der Waals surface area contributed by atoms with Crippen molar-refractivity contribution in [2.45, 2.75) is 31.8 Å². The topological polar surface area (TPSA) is 110 Å². The second-order valence-electron chi connectivity index (χ2n) is 9.53. The van der Waals surface area contributed by atoms with E-state index >= 15 is 0 Å². The number of aryl methyl sites for hydroxylation is 1. The number of hydrogen-bond acceptors (Lipinski definition) is 8. The first-order valence-corrected chi connectivity index (χ1v) is 11.9. The maximum absolute atomic E-state index is 6.39. The second kappa shape index (κ2) is 7.71. The van der Waals surface area contributed by atoms with Crippen molar-refractivity contribution in [1.82, 2.24) is 34.9 Å². The summed E-state index contributed by atoms with van der Waals surface area (Å²) in [4.78, 5) is 20.9. The minimum Gasteiger partial charge on any atom is -0.382 e. The van der Waals surface area contributed by atoms with Gasteiger partial charge in [-0.3, -0.25) is 0 Å². The molecule has 6 heterocycles. The first kappa shape index (κ1) is 20.3. The van der Waals surface area contributed by atoms with E-state index in [0.29, 0.717) is 29.2 Å². The minimum absolute atomic E-state index is 0.415. The molecule has 0 aliphatic carbocycles. The van der Waals surface area contributed by atoms with Gasteiger partial charge in [0.15, 0.2) is 17.3 Å². The molecular formula is C26H25N9. The number of pyridine rings is 2. The lowest BCUT2D eigenvalue weighted by Crippen LogP contribution is -2.44. The summed E-state index contributed by atoms with van der Waals surface area (Å²) in [6, 6.07) is 15.6. The van der Waals surface area contributed by atoms with Gasteiger partial charge in [0.25, 0.3) is 0 Å². The molecule has 3 N–H and O–H groups in total. The predicted octanol–water partition coefficient (Wildman–Crippen LogP) is 2.77. The lowest BCUT2D eigenvalue weighted by Gasteiger charge is -2.28. The van der Waals surface area contributed by atoms with Gasteiger partial charge in [-0.25, -0.2) is 24.5 Å². The molecule has 0 spiro atoms. The lowest BCUT2D eigenvalue weighted by atomic mass is 9.99. The molecule has 0 amide bonds. The van der Waals surface area contributed by atoms with Crippen molar-refractivity contribution in [3.63, 3.8) is 0 Å². The summed E-state index contributed by atoms with van der Waals surface area (Å²) in [5, 5.41) is 7.70. The summed E-state index contributed by atoms with van der Waals surface area (Å²) < 4.78 is 1.77. The summed E-state index contributed by atoms with van der Waals surface area (Å²) in [6.07, 6.45) is 5.50. The fourth-order valence-electron chi connectivity index (χ4n) is 5.38. The molecule has 1 aromatic carbocycles. The van der Waals surface area contributed by atoms with Crippen LogP contribution < -0.4 is 16.0 Å². The largest absolute Gasteiger partial charge is 0.382 e. The smallest absolute Gasteiger partial charge is 0.162 e. The molecule has 0 radical (unpaired) electrons. The third kappa shape index (κ3) is 3.47. The monoisotopic (exact) mass is 463 g/mol. The number of anilines is 2. The molecule has 2 aliphatic rings. The predicted molar refractivity (Wildman–Crippen MR) is 135 cm³/mol. The SMILES string of the molecule is Cc1cc(-c2nc(N)c3nc(N4CC5CC4CN5)ccc3n2)ccc1Cc1ccn2ncnc2c1.